The van der Waals surface area contributed by atoms with E-state index in [4.69, 9.17) is 0 Å². The molecule has 1 aromatic heterocycles. The highest BCUT2D eigenvalue weighted by molar-refractivity contribution is 14.0. The van der Waals surface area contributed by atoms with Gasteiger partial charge in [-0.3, -0.25) is 9.89 Å². The first-order valence-corrected chi connectivity index (χ1v) is 11.0. The van der Waals surface area contributed by atoms with Gasteiger partial charge in [0.1, 0.15) is 0 Å². The highest BCUT2D eigenvalue weighted by atomic mass is 127. The molecule has 0 bridgehead atoms. The smallest absolute Gasteiger partial charge is 0.191 e. The first-order chi connectivity index (χ1) is 12.8. The van der Waals surface area contributed by atoms with Gasteiger partial charge < -0.3 is 15.5 Å². The van der Waals surface area contributed by atoms with Gasteiger partial charge in [-0.2, -0.15) is 0 Å². The number of rotatable bonds is 7. The summed E-state index contributed by atoms with van der Waals surface area (Å²) in [4.78, 5) is 10.9. The van der Waals surface area contributed by atoms with Crippen molar-refractivity contribution in [3.8, 4) is 0 Å². The van der Waals surface area contributed by atoms with E-state index in [1.165, 1.54) is 63.2 Å². The highest BCUT2D eigenvalue weighted by Gasteiger charge is 2.24. The predicted molar refractivity (Wildman–Crippen MR) is 127 cm³/mol. The van der Waals surface area contributed by atoms with Crippen LogP contribution in [-0.4, -0.2) is 69.1 Å². The molecule has 0 aliphatic carbocycles. The molecule has 1 aromatic rings. The lowest BCUT2D eigenvalue weighted by molar-refractivity contribution is 0.213. The summed E-state index contributed by atoms with van der Waals surface area (Å²) in [6, 6.07) is 4.90. The zero-order valence-corrected chi connectivity index (χ0v) is 20.0. The lowest BCUT2D eigenvalue weighted by Gasteiger charge is -2.29. The van der Waals surface area contributed by atoms with Crippen molar-refractivity contribution < 1.29 is 0 Å². The van der Waals surface area contributed by atoms with Crippen molar-refractivity contribution in [3.63, 3.8) is 0 Å². The van der Waals surface area contributed by atoms with E-state index in [1.807, 2.05) is 18.4 Å². The Hall–Kier alpha value is -0.380. The van der Waals surface area contributed by atoms with Crippen LogP contribution in [0.25, 0.3) is 0 Å². The van der Waals surface area contributed by atoms with Gasteiger partial charge in [0.2, 0.25) is 0 Å². The Morgan fingerprint density at radius 2 is 1.96 bits per heavy atom. The number of halogens is 1. The lowest BCUT2D eigenvalue weighted by atomic mass is 9.94. The van der Waals surface area contributed by atoms with Crippen molar-refractivity contribution in [1.82, 2.24) is 20.4 Å². The quantitative estimate of drug-likeness (QED) is 0.339. The van der Waals surface area contributed by atoms with E-state index in [1.54, 1.807) is 0 Å². The summed E-state index contributed by atoms with van der Waals surface area (Å²) in [7, 11) is 4.10. The van der Waals surface area contributed by atoms with Crippen LogP contribution in [0, 0.1) is 5.92 Å². The van der Waals surface area contributed by atoms with Crippen LogP contribution in [0.2, 0.25) is 0 Å². The molecule has 0 saturated carbocycles. The minimum atomic E-state index is 0. The molecule has 154 valence electrons. The average molecular weight is 506 g/mol. The van der Waals surface area contributed by atoms with Crippen molar-refractivity contribution in [2.75, 3.05) is 53.4 Å². The minimum Gasteiger partial charge on any atom is -0.356 e. The molecule has 27 heavy (non-hydrogen) atoms. The molecule has 2 saturated heterocycles. The largest absolute Gasteiger partial charge is 0.356 e. The van der Waals surface area contributed by atoms with Crippen LogP contribution in [0.3, 0.4) is 0 Å². The van der Waals surface area contributed by atoms with E-state index in [-0.39, 0.29) is 24.0 Å². The standard InChI is InChI=1S/C20H35N5S.HI/c1-21-20(22-10-7-17-8-13-24(2)14-9-17)23-16-18(19-6-5-15-26-19)25-11-3-4-12-25;/h5-6,15,17-18H,3-4,7-14,16H2,1-2H3,(H2,21,22,23);1H. The molecule has 5 nitrogen and oxygen atoms in total. The van der Waals surface area contributed by atoms with Crippen LogP contribution in [0.1, 0.15) is 43.0 Å². The third kappa shape index (κ3) is 7.18. The number of guanidine groups is 1. The topological polar surface area (TPSA) is 42.9 Å². The van der Waals surface area contributed by atoms with Gasteiger partial charge in [0.15, 0.2) is 5.96 Å². The molecule has 1 unspecified atom stereocenters. The molecule has 0 aromatic carbocycles. The molecule has 2 fully saturated rings. The second kappa shape index (κ2) is 12.2. The van der Waals surface area contributed by atoms with E-state index in [2.05, 4.69) is 50.0 Å². The van der Waals surface area contributed by atoms with Gasteiger partial charge in [-0.1, -0.05) is 6.07 Å². The maximum Gasteiger partial charge on any atom is 0.191 e. The molecule has 2 N–H and O–H groups in total. The van der Waals surface area contributed by atoms with Crippen molar-refractivity contribution >= 4 is 41.3 Å². The molecule has 0 amide bonds. The van der Waals surface area contributed by atoms with Crippen LogP contribution in [-0.2, 0) is 0 Å². The van der Waals surface area contributed by atoms with Gasteiger partial charge in [-0.15, -0.1) is 35.3 Å². The van der Waals surface area contributed by atoms with Crippen LogP contribution in [0.5, 0.6) is 0 Å². The second-order valence-corrected chi connectivity index (χ2v) is 8.67. The number of nitrogens with one attached hydrogen (secondary N) is 2. The Labute approximate surface area is 186 Å². The van der Waals surface area contributed by atoms with E-state index >= 15 is 0 Å². The van der Waals surface area contributed by atoms with E-state index < -0.39 is 0 Å². The minimum absolute atomic E-state index is 0. The number of hydrogen-bond acceptors (Lipinski definition) is 4. The normalized spacial score (nSPS) is 21.0. The molecule has 0 radical (unpaired) electrons. The van der Waals surface area contributed by atoms with Crippen LogP contribution in [0.15, 0.2) is 22.5 Å². The molecule has 2 aliphatic heterocycles. The predicted octanol–water partition coefficient (Wildman–Crippen LogP) is 3.40. The van der Waals surface area contributed by atoms with Crippen molar-refractivity contribution in [1.29, 1.82) is 0 Å². The molecule has 1 atom stereocenters. The fourth-order valence-corrected chi connectivity index (χ4v) is 4.96. The zero-order valence-electron chi connectivity index (χ0n) is 16.8. The third-order valence-electron chi connectivity index (χ3n) is 5.82. The van der Waals surface area contributed by atoms with Crippen molar-refractivity contribution in [2.45, 2.75) is 38.1 Å². The van der Waals surface area contributed by atoms with Gasteiger partial charge in [-0.05, 0) is 82.7 Å². The molecular formula is C20H36IN5S. The van der Waals surface area contributed by atoms with E-state index in [9.17, 15) is 0 Å². The Balaban J connectivity index is 0.00000261. The van der Waals surface area contributed by atoms with Crippen molar-refractivity contribution in [2.24, 2.45) is 10.9 Å². The summed E-state index contributed by atoms with van der Waals surface area (Å²) < 4.78 is 0. The summed E-state index contributed by atoms with van der Waals surface area (Å²) in [5.74, 6) is 1.80. The second-order valence-electron chi connectivity index (χ2n) is 7.69. The molecule has 2 aliphatic rings. The van der Waals surface area contributed by atoms with Gasteiger partial charge in [0, 0.05) is 25.0 Å². The summed E-state index contributed by atoms with van der Waals surface area (Å²) in [5.41, 5.74) is 0. The van der Waals surface area contributed by atoms with Gasteiger partial charge >= 0.3 is 0 Å². The first-order valence-electron chi connectivity index (χ1n) is 10.2. The maximum absolute atomic E-state index is 4.43. The van der Waals surface area contributed by atoms with Crippen LogP contribution in [0.4, 0.5) is 0 Å². The average Bonchev–Trinajstić information content (AvgIpc) is 3.36. The first kappa shape index (κ1) is 22.9. The maximum atomic E-state index is 4.43. The van der Waals surface area contributed by atoms with Gasteiger partial charge in [0.05, 0.1) is 6.04 Å². The zero-order chi connectivity index (χ0) is 18.2. The van der Waals surface area contributed by atoms with Gasteiger partial charge in [0.25, 0.3) is 0 Å². The summed E-state index contributed by atoms with van der Waals surface area (Å²) in [5, 5.41) is 9.29. The highest BCUT2D eigenvalue weighted by Crippen LogP contribution is 2.27. The Bertz CT molecular complexity index is 537. The van der Waals surface area contributed by atoms with Crippen LogP contribution >= 0.6 is 35.3 Å². The van der Waals surface area contributed by atoms with Crippen molar-refractivity contribution in [3.05, 3.63) is 22.4 Å². The molecule has 3 rings (SSSR count). The fourth-order valence-electron chi connectivity index (χ4n) is 4.10. The molecular weight excluding hydrogens is 469 g/mol. The Morgan fingerprint density at radius 3 is 2.59 bits per heavy atom. The van der Waals surface area contributed by atoms with E-state index in [0.717, 1.165) is 25.0 Å². The van der Waals surface area contributed by atoms with Crippen LogP contribution < -0.4 is 10.6 Å². The fraction of sp³-hybridized carbons (Fsp3) is 0.750. The number of nitrogens with zero attached hydrogens (tertiary/aromatic N) is 3. The molecule has 0 spiro atoms. The Kier molecular flexibility index (Phi) is 10.4. The Morgan fingerprint density at radius 1 is 1.22 bits per heavy atom. The number of hydrogen-bond donors (Lipinski definition) is 2. The number of aliphatic imine (C=N–C) groups is 1. The van der Waals surface area contributed by atoms with Gasteiger partial charge in [-0.25, -0.2) is 0 Å². The molecule has 7 heteroatoms. The number of thiophene rings is 1. The summed E-state index contributed by atoms with van der Waals surface area (Å²) >= 11 is 1.87. The summed E-state index contributed by atoms with van der Waals surface area (Å²) in [6.45, 7) is 6.86. The molecule has 3 heterocycles. The number of likely N-dealkylation sites (tertiary alicyclic amines) is 2. The number of piperidine rings is 1. The lowest BCUT2D eigenvalue weighted by Crippen LogP contribution is -2.43. The summed E-state index contributed by atoms with van der Waals surface area (Å²) in [6.07, 6.45) is 6.56. The monoisotopic (exact) mass is 505 g/mol. The van der Waals surface area contributed by atoms with E-state index in [0.29, 0.717) is 6.04 Å². The third-order valence-corrected chi connectivity index (χ3v) is 6.80. The SMILES string of the molecule is CN=C(NCCC1CCN(C)CC1)NCC(c1cccs1)N1CCCC1.I.